The van der Waals surface area contributed by atoms with E-state index in [-0.39, 0.29) is 24.9 Å². The summed E-state index contributed by atoms with van der Waals surface area (Å²) in [5.41, 5.74) is 0. The van der Waals surface area contributed by atoms with Crippen LogP contribution in [0, 0.1) is 5.92 Å². The Hall–Kier alpha value is -0.160. The number of aliphatic hydroxyl groups excluding tert-OH is 1. The highest BCUT2D eigenvalue weighted by molar-refractivity contribution is 4.59. The van der Waals surface area contributed by atoms with Gasteiger partial charge >= 0.3 is 0 Å². The highest BCUT2D eigenvalue weighted by atomic mass is 16.6. The van der Waals surface area contributed by atoms with E-state index in [4.69, 9.17) is 14.2 Å². The summed E-state index contributed by atoms with van der Waals surface area (Å²) < 4.78 is 16.7. The van der Waals surface area contributed by atoms with E-state index in [1.165, 1.54) is 0 Å². The molecule has 0 aliphatic rings. The fourth-order valence-electron chi connectivity index (χ4n) is 1.33. The van der Waals surface area contributed by atoms with Gasteiger partial charge < -0.3 is 19.3 Å². The molecule has 18 heavy (non-hydrogen) atoms. The van der Waals surface area contributed by atoms with E-state index in [2.05, 4.69) is 20.8 Å². The van der Waals surface area contributed by atoms with Crippen molar-refractivity contribution in [3.63, 3.8) is 0 Å². The zero-order valence-electron chi connectivity index (χ0n) is 12.5. The molecule has 3 unspecified atom stereocenters. The van der Waals surface area contributed by atoms with Crippen molar-refractivity contribution in [2.75, 3.05) is 26.4 Å². The maximum atomic E-state index is 9.18. The highest BCUT2D eigenvalue weighted by Crippen LogP contribution is 2.04. The van der Waals surface area contributed by atoms with Crippen molar-refractivity contribution in [1.82, 2.24) is 0 Å². The quantitative estimate of drug-likeness (QED) is 0.620. The van der Waals surface area contributed by atoms with Gasteiger partial charge in [0.25, 0.3) is 0 Å². The molecule has 0 fully saturated rings. The first kappa shape index (κ1) is 17.8. The van der Waals surface area contributed by atoms with Crippen LogP contribution in [0.1, 0.15) is 41.0 Å². The van der Waals surface area contributed by atoms with Crippen LogP contribution in [0.3, 0.4) is 0 Å². The summed E-state index contributed by atoms with van der Waals surface area (Å²) in [6, 6.07) is 0. The lowest BCUT2D eigenvalue weighted by molar-refractivity contribution is -0.0898. The maximum Gasteiger partial charge on any atom is 0.104 e. The Labute approximate surface area is 112 Å². The van der Waals surface area contributed by atoms with Gasteiger partial charge in [-0.2, -0.15) is 0 Å². The SMILES string of the molecule is CCC(C)OC(CO)COCC(C)OCC(C)C. The van der Waals surface area contributed by atoms with Gasteiger partial charge in [0.2, 0.25) is 0 Å². The van der Waals surface area contributed by atoms with Crippen LogP contribution in [0.15, 0.2) is 0 Å². The van der Waals surface area contributed by atoms with Gasteiger partial charge in [-0.15, -0.1) is 0 Å². The number of aliphatic hydroxyl groups is 1. The molecule has 4 nitrogen and oxygen atoms in total. The summed E-state index contributed by atoms with van der Waals surface area (Å²) in [7, 11) is 0. The third kappa shape index (κ3) is 9.83. The summed E-state index contributed by atoms with van der Waals surface area (Å²) in [5, 5.41) is 9.18. The van der Waals surface area contributed by atoms with Gasteiger partial charge in [0, 0.05) is 6.61 Å². The molecule has 0 aromatic heterocycles. The van der Waals surface area contributed by atoms with Gasteiger partial charge in [-0.1, -0.05) is 20.8 Å². The first-order valence-corrected chi connectivity index (χ1v) is 6.95. The van der Waals surface area contributed by atoms with Crippen molar-refractivity contribution in [2.45, 2.75) is 59.4 Å². The summed E-state index contributed by atoms with van der Waals surface area (Å²) >= 11 is 0. The Morgan fingerprint density at radius 3 is 2.11 bits per heavy atom. The highest BCUT2D eigenvalue weighted by Gasteiger charge is 2.12. The summed E-state index contributed by atoms with van der Waals surface area (Å²) in [5.74, 6) is 0.534. The maximum absolute atomic E-state index is 9.18. The molecular formula is C14H30O4. The molecule has 0 aromatic carbocycles. The molecule has 0 radical (unpaired) electrons. The van der Waals surface area contributed by atoms with E-state index in [1.54, 1.807) is 0 Å². The Balaban J connectivity index is 3.66. The van der Waals surface area contributed by atoms with Gasteiger partial charge in [-0.05, 0) is 26.2 Å². The predicted octanol–water partition coefficient (Wildman–Crippen LogP) is 2.24. The third-order valence-electron chi connectivity index (χ3n) is 2.57. The Morgan fingerprint density at radius 1 is 0.944 bits per heavy atom. The lowest BCUT2D eigenvalue weighted by atomic mass is 10.2. The summed E-state index contributed by atoms with van der Waals surface area (Å²) in [6.45, 7) is 12.0. The fraction of sp³-hybridized carbons (Fsp3) is 1.00. The normalized spacial score (nSPS) is 16.8. The molecule has 0 bridgehead atoms. The van der Waals surface area contributed by atoms with Gasteiger partial charge in [0.1, 0.15) is 6.10 Å². The zero-order valence-corrected chi connectivity index (χ0v) is 12.5. The van der Waals surface area contributed by atoms with Crippen molar-refractivity contribution in [3.8, 4) is 0 Å². The first-order valence-electron chi connectivity index (χ1n) is 6.95. The molecule has 0 saturated carbocycles. The van der Waals surface area contributed by atoms with Crippen LogP contribution in [0.5, 0.6) is 0 Å². The van der Waals surface area contributed by atoms with Gasteiger partial charge in [-0.25, -0.2) is 0 Å². The smallest absolute Gasteiger partial charge is 0.104 e. The molecule has 1 N–H and O–H groups in total. The lowest BCUT2D eigenvalue weighted by Gasteiger charge is -2.21. The van der Waals surface area contributed by atoms with Crippen LogP contribution < -0.4 is 0 Å². The molecule has 0 amide bonds. The van der Waals surface area contributed by atoms with Crippen LogP contribution in [0.4, 0.5) is 0 Å². The Kier molecular flexibility index (Phi) is 10.6. The minimum Gasteiger partial charge on any atom is -0.394 e. The molecule has 0 heterocycles. The number of rotatable bonds is 11. The van der Waals surface area contributed by atoms with Crippen LogP contribution >= 0.6 is 0 Å². The standard InChI is InChI=1S/C14H30O4/c1-6-12(4)18-14(7-15)10-16-9-13(5)17-8-11(2)3/h11-15H,6-10H2,1-5H3. The van der Waals surface area contributed by atoms with E-state index in [0.29, 0.717) is 19.1 Å². The summed E-state index contributed by atoms with van der Waals surface area (Å²) in [4.78, 5) is 0. The van der Waals surface area contributed by atoms with Crippen LogP contribution in [-0.2, 0) is 14.2 Å². The number of ether oxygens (including phenoxy) is 3. The first-order chi connectivity index (χ1) is 8.49. The van der Waals surface area contributed by atoms with E-state index in [0.717, 1.165) is 13.0 Å². The topological polar surface area (TPSA) is 47.9 Å². The van der Waals surface area contributed by atoms with E-state index in [9.17, 15) is 5.11 Å². The molecule has 0 saturated heterocycles. The van der Waals surface area contributed by atoms with Gasteiger partial charge in [-0.3, -0.25) is 0 Å². The van der Waals surface area contributed by atoms with Gasteiger partial charge in [0.05, 0.1) is 32.0 Å². The minimum absolute atomic E-state index is 0.00836. The molecule has 0 aliphatic heterocycles. The largest absolute Gasteiger partial charge is 0.394 e. The zero-order chi connectivity index (χ0) is 14.0. The molecule has 0 aromatic rings. The van der Waals surface area contributed by atoms with E-state index < -0.39 is 0 Å². The second-order valence-electron chi connectivity index (χ2n) is 5.23. The predicted molar refractivity (Wildman–Crippen MR) is 72.8 cm³/mol. The lowest BCUT2D eigenvalue weighted by Crippen LogP contribution is -2.30. The molecule has 4 heteroatoms. The monoisotopic (exact) mass is 262 g/mol. The Bertz CT molecular complexity index is 185. The molecule has 0 aliphatic carbocycles. The van der Waals surface area contributed by atoms with Crippen LogP contribution in [-0.4, -0.2) is 49.8 Å². The molecule has 0 spiro atoms. The van der Waals surface area contributed by atoms with Crippen molar-refractivity contribution in [2.24, 2.45) is 5.92 Å². The van der Waals surface area contributed by atoms with Crippen molar-refractivity contribution in [3.05, 3.63) is 0 Å². The molecule has 0 rings (SSSR count). The van der Waals surface area contributed by atoms with Gasteiger partial charge in [0.15, 0.2) is 0 Å². The minimum atomic E-state index is -0.239. The fourth-order valence-corrected chi connectivity index (χ4v) is 1.33. The van der Waals surface area contributed by atoms with E-state index >= 15 is 0 Å². The number of hydrogen-bond acceptors (Lipinski definition) is 4. The Morgan fingerprint density at radius 2 is 1.61 bits per heavy atom. The molecule has 3 atom stereocenters. The van der Waals surface area contributed by atoms with Crippen molar-refractivity contribution in [1.29, 1.82) is 0 Å². The summed E-state index contributed by atoms with van der Waals surface area (Å²) in [6.07, 6.45) is 0.928. The number of hydrogen-bond donors (Lipinski definition) is 1. The second kappa shape index (κ2) is 10.7. The average molecular weight is 262 g/mol. The molecular weight excluding hydrogens is 232 g/mol. The van der Waals surface area contributed by atoms with Crippen LogP contribution in [0.2, 0.25) is 0 Å². The average Bonchev–Trinajstić information content (AvgIpc) is 2.34. The second-order valence-corrected chi connectivity index (χ2v) is 5.23. The van der Waals surface area contributed by atoms with E-state index in [1.807, 2.05) is 13.8 Å². The third-order valence-corrected chi connectivity index (χ3v) is 2.57. The van der Waals surface area contributed by atoms with Crippen molar-refractivity contribution >= 4 is 0 Å². The van der Waals surface area contributed by atoms with Crippen molar-refractivity contribution < 1.29 is 19.3 Å². The molecule has 110 valence electrons. The van der Waals surface area contributed by atoms with Crippen LogP contribution in [0.25, 0.3) is 0 Å².